The highest BCUT2D eigenvalue weighted by atomic mass is 32.2. The van der Waals surface area contributed by atoms with E-state index in [1.807, 2.05) is 18.2 Å². The van der Waals surface area contributed by atoms with Crippen LogP contribution < -0.4 is 5.73 Å². The molecule has 0 aromatic heterocycles. The lowest BCUT2D eigenvalue weighted by atomic mass is 10.1. The van der Waals surface area contributed by atoms with Crippen LogP contribution in [0.1, 0.15) is 15.9 Å². The zero-order valence-corrected chi connectivity index (χ0v) is 10.8. The Hall–Kier alpha value is -2.04. The summed E-state index contributed by atoms with van der Waals surface area (Å²) in [7, 11) is 0. The van der Waals surface area contributed by atoms with Gasteiger partial charge in [-0.2, -0.15) is 0 Å². The van der Waals surface area contributed by atoms with Crippen molar-refractivity contribution in [2.24, 2.45) is 5.73 Å². The summed E-state index contributed by atoms with van der Waals surface area (Å²) in [5, 5.41) is 0. The van der Waals surface area contributed by atoms with Crippen LogP contribution in [-0.2, 0) is 11.2 Å². The Morgan fingerprint density at radius 1 is 1.00 bits per heavy atom. The fourth-order valence-corrected chi connectivity index (χ4v) is 3.48. The number of hydrogen-bond donors (Lipinski definition) is 1. The summed E-state index contributed by atoms with van der Waals surface area (Å²) < 4.78 is 12.4. The van der Waals surface area contributed by atoms with Crippen molar-refractivity contribution in [1.82, 2.24) is 0 Å². The molecular weight excluding hydrogens is 258 g/mol. The van der Waals surface area contributed by atoms with Gasteiger partial charge in [0.05, 0.1) is 11.3 Å². The summed E-state index contributed by atoms with van der Waals surface area (Å²) >= 11 is -1.49. The monoisotopic (exact) mass is 269 g/mol. The highest BCUT2D eigenvalue weighted by Gasteiger charge is 2.41. The summed E-state index contributed by atoms with van der Waals surface area (Å²) in [4.78, 5) is 13.0. The van der Waals surface area contributed by atoms with Crippen molar-refractivity contribution in [1.29, 1.82) is 0 Å². The molecule has 1 unspecified atom stereocenters. The Kier molecular flexibility index (Phi) is 2.89. The second-order valence-electron chi connectivity index (χ2n) is 4.20. The van der Waals surface area contributed by atoms with E-state index in [1.165, 1.54) is 0 Å². The van der Waals surface area contributed by atoms with E-state index >= 15 is 0 Å². The van der Waals surface area contributed by atoms with Gasteiger partial charge in [-0.1, -0.05) is 42.5 Å². The second-order valence-corrected chi connectivity index (χ2v) is 5.59. The second kappa shape index (κ2) is 4.57. The number of rotatable bonds is 1. The van der Waals surface area contributed by atoms with Crippen LogP contribution in [0.4, 0.5) is 0 Å². The molecule has 2 aromatic rings. The maximum absolute atomic E-state index is 12.4. The predicted molar refractivity (Wildman–Crippen MR) is 74.7 cm³/mol. The van der Waals surface area contributed by atoms with Crippen LogP contribution in [0.15, 0.2) is 64.4 Å². The Bertz CT molecular complexity index is 680. The zero-order valence-electron chi connectivity index (χ0n) is 10.00. The quantitative estimate of drug-likeness (QED) is 0.638. The number of hydrogen-bond acceptors (Lipinski definition) is 3. The molecule has 0 aliphatic carbocycles. The zero-order chi connectivity index (χ0) is 13.4. The minimum Gasteiger partial charge on any atom is -0.606 e. The first kappa shape index (κ1) is 12.0. The van der Waals surface area contributed by atoms with Gasteiger partial charge in [0, 0.05) is 16.7 Å². The Morgan fingerprint density at radius 3 is 2.32 bits per heavy atom. The minimum atomic E-state index is -1.49. The summed E-state index contributed by atoms with van der Waals surface area (Å²) in [6.07, 6.45) is 0. The molecule has 0 saturated carbocycles. The molecule has 0 amide bonds. The van der Waals surface area contributed by atoms with Crippen molar-refractivity contribution in [3.05, 3.63) is 70.6 Å². The average Bonchev–Trinajstić information content (AvgIpc) is 2.72. The molecule has 3 rings (SSSR count). The largest absolute Gasteiger partial charge is 0.606 e. The van der Waals surface area contributed by atoms with Crippen LogP contribution >= 0.6 is 0 Å². The lowest BCUT2D eigenvalue weighted by molar-refractivity contribution is 0.104. The molecule has 0 radical (unpaired) electrons. The SMILES string of the molecule is NC(=C1C(=O)c2ccccc2[S+]1[O-])c1ccccc1. The third-order valence-electron chi connectivity index (χ3n) is 3.05. The van der Waals surface area contributed by atoms with Crippen LogP contribution in [0.2, 0.25) is 0 Å². The lowest BCUT2D eigenvalue weighted by Crippen LogP contribution is -2.11. The number of ketones is 1. The first-order valence-corrected chi connectivity index (χ1v) is 6.96. The molecule has 1 aliphatic rings. The summed E-state index contributed by atoms with van der Waals surface area (Å²) in [5.74, 6) is -0.240. The molecule has 2 aromatic carbocycles. The molecule has 1 aliphatic heterocycles. The van der Waals surface area contributed by atoms with E-state index in [2.05, 4.69) is 0 Å². The van der Waals surface area contributed by atoms with Gasteiger partial charge in [0.1, 0.15) is 0 Å². The van der Waals surface area contributed by atoms with Gasteiger partial charge in [0.25, 0.3) is 0 Å². The summed E-state index contributed by atoms with van der Waals surface area (Å²) in [6, 6.07) is 16.0. The van der Waals surface area contributed by atoms with Crippen molar-refractivity contribution >= 4 is 22.7 Å². The Labute approximate surface area is 113 Å². The first-order chi connectivity index (χ1) is 9.20. The molecule has 0 spiro atoms. The number of Topliss-reactive ketones (excluding diaryl/α,β-unsaturated/α-hetero) is 1. The molecule has 0 bridgehead atoms. The van der Waals surface area contributed by atoms with Crippen LogP contribution in [0.3, 0.4) is 0 Å². The van der Waals surface area contributed by atoms with Crippen LogP contribution in [0.5, 0.6) is 0 Å². The maximum Gasteiger partial charge on any atom is 0.248 e. The van der Waals surface area contributed by atoms with Crippen molar-refractivity contribution < 1.29 is 9.35 Å². The molecule has 2 N–H and O–H groups in total. The molecule has 0 saturated heterocycles. The van der Waals surface area contributed by atoms with E-state index in [1.54, 1.807) is 36.4 Å². The van der Waals surface area contributed by atoms with E-state index in [0.717, 1.165) is 0 Å². The van der Waals surface area contributed by atoms with Crippen molar-refractivity contribution in [3.63, 3.8) is 0 Å². The minimum absolute atomic E-state index is 0.187. The molecule has 1 atom stereocenters. The lowest BCUT2D eigenvalue weighted by Gasteiger charge is -2.07. The van der Waals surface area contributed by atoms with E-state index in [4.69, 9.17) is 5.73 Å². The Balaban J connectivity index is 2.16. The highest BCUT2D eigenvalue weighted by Crippen LogP contribution is 2.36. The molecule has 3 nitrogen and oxygen atoms in total. The molecule has 0 fully saturated rings. The van der Waals surface area contributed by atoms with Gasteiger partial charge in [-0.15, -0.1) is 0 Å². The third kappa shape index (κ3) is 1.85. The van der Waals surface area contributed by atoms with E-state index in [-0.39, 0.29) is 10.7 Å². The molecule has 4 heteroatoms. The van der Waals surface area contributed by atoms with E-state index in [0.29, 0.717) is 21.7 Å². The van der Waals surface area contributed by atoms with Crippen LogP contribution in [0.25, 0.3) is 5.70 Å². The van der Waals surface area contributed by atoms with Gasteiger partial charge < -0.3 is 10.3 Å². The van der Waals surface area contributed by atoms with Crippen LogP contribution in [-0.4, -0.2) is 10.3 Å². The van der Waals surface area contributed by atoms with Crippen LogP contribution in [0, 0.1) is 0 Å². The standard InChI is InChI=1S/C15H11NO2S/c16-13(10-6-2-1-3-7-10)15-14(17)11-8-4-5-9-12(11)19(15)18/h1-9H,16H2. The third-order valence-corrected chi connectivity index (χ3v) is 4.58. The van der Waals surface area contributed by atoms with Crippen molar-refractivity contribution in [2.45, 2.75) is 4.90 Å². The van der Waals surface area contributed by atoms with Gasteiger partial charge >= 0.3 is 0 Å². The smallest absolute Gasteiger partial charge is 0.248 e. The maximum atomic E-state index is 12.4. The topological polar surface area (TPSA) is 66.2 Å². The first-order valence-electron chi connectivity index (χ1n) is 5.81. The molecule has 94 valence electrons. The summed E-state index contributed by atoms with van der Waals surface area (Å²) in [5.41, 5.74) is 7.51. The van der Waals surface area contributed by atoms with Crippen molar-refractivity contribution in [3.8, 4) is 0 Å². The number of benzene rings is 2. The van der Waals surface area contributed by atoms with Gasteiger partial charge in [-0.25, -0.2) is 0 Å². The van der Waals surface area contributed by atoms with E-state index < -0.39 is 11.2 Å². The number of carbonyl (C=O) groups is 1. The highest BCUT2D eigenvalue weighted by molar-refractivity contribution is 7.97. The molecular formula is C15H11NO2S. The summed E-state index contributed by atoms with van der Waals surface area (Å²) in [6.45, 7) is 0. The number of carbonyl (C=O) groups excluding carboxylic acids is 1. The average molecular weight is 269 g/mol. The fraction of sp³-hybridized carbons (Fsp3) is 0. The van der Waals surface area contributed by atoms with Crippen molar-refractivity contribution in [2.75, 3.05) is 0 Å². The number of nitrogens with two attached hydrogens (primary N) is 1. The fourth-order valence-electron chi connectivity index (χ4n) is 2.10. The number of allylic oxidation sites excluding steroid dienone is 1. The molecule has 19 heavy (non-hydrogen) atoms. The van der Waals surface area contributed by atoms with E-state index in [9.17, 15) is 9.35 Å². The van der Waals surface area contributed by atoms with Gasteiger partial charge in [-0.3, -0.25) is 4.79 Å². The van der Waals surface area contributed by atoms with Gasteiger partial charge in [-0.05, 0) is 12.1 Å². The Morgan fingerprint density at radius 2 is 1.63 bits per heavy atom. The number of fused-ring (bicyclic) bond motifs is 1. The van der Waals surface area contributed by atoms with Gasteiger partial charge in [0.2, 0.25) is 10.7 Å². The molecule has 1 heterocycles. The van der Waals surface area contributed by atoms with Gasteiger partial charge in [0.15, 0.2) is 4.90 Å². The normalized spacial score (nSPS) is 20.3. The predicted octanol–water partition coefficient (Wildman–Crippen LogP) is 2.32.